The Morgan fingerprint density at radius 1 is 1.37 bits per heavy atom. The molecule has 0 amide bonds. The van der Waals surface area contributed by atoms with Crippen molar-refractivity contribution >= 4 is 15.7 Å². The summed E-state index contributed by atoms with van der Waals surface area (Å²) in [6.45, 7) is 3.82. The van der Waals surface area contributed by atoms with Gasteiger partial charge < -0.3 is 5.73 Å². The molecular weight excluding hydrogens is 270 g/mol. The topological polar surface area (TPSA) is 129 Å². The number of hydrogen-bond acceptors (Lipinski definition) is 5. The van der Waals surface area contributed by atoms with E-state index in [1.54, 1.807) is 0 Å². The van der Waals surface area contributed by atoms with Crippen LogP contribution in [0.1, 0.15) is 19.4 Å². The van der Waals surface area contributed by atoms with Gasteiger partial charge in [-0.15, -0.1) is 0 Å². The zero-order chi connectivity index (χ0) is 14.8. The molecule has 0 aliphatic heterocycles. The summed E-state index contributed by atoms with van der Waals surface area (Å²) in [4.78, 5) is 10.1. The molecule has 0 fully saturated rings. The molecule has 0 bridgehead atoms. The molecule has 0 saturated carbocycles. The van der Waals surface area contributed by atoms with Crippen LogP contribution in [0.4, 0.5) is 5.69 Å². The van der Waals surface area contributed by atoms with Gasteiger partial charge in [0.1, 0.15) is 0 Å². The minimum atomic E-state index is -3.96. The van der Waals surface area contributed by atoms with Gasteiger partial charge in [0.05, 0.1) is 9.82 Å². The van der Waals surface area contributed by atoms with Gasteiger partial charge in [-0.2, -0.15) is 0 Å². The first-order valence-electron chi connectivity index (χ1n) is 5.68. The molecule has 0 saturated heterocycles. The maximum Gasteiger partial charge on any atom is 0.273 e. The van der Waals surface area contributed by atoms with Crippen molar-refractivity contribution in [3.05, 3.63) is 33.9 Å². The Morgan fingerprint density at radius 3 is 2.37 bits per heavy atom. The fraction of sp³-hybridized carbons (Fsp3) is 0.455. The average molecular weight is 287 g/mol. The largest absolute Gasteiger partial charge is 0.327 e. The molecule has 19 heavy (non-hydrogen) atoms. The Labute approximate surface area is 111 Å². The first-order valence-corrected chi connectivity index (χ1v) is 7.23. The number of nitro groups is 1. The van der Waals surface area contributed by atoms with Crippen LogP contribution in [0, 0.1) is 16.0 Å². The lowest BCUT2D eigenvalue weighted by Crippen LogP contribution is -2.29. The van der Waals surface area contributed by atoms with Crippen molar-refractivity contribution in [2.24, 2.45) is 16.8 Å². The van der Waals surface area contributed by atoms with Crippen molar-refractivity contribution in [2.45, 2.75) is 31.2 Å². The summed E-state index contributed by atoms with van der Waals surface area (Å²) >= 11 is 0. The van der Waals surface area contributed by atoms with E-state index in [4.69, 9.17) is 10.9 Å². The van der Waals surface area contributed by atoms with Gasteiger partial charge >= 0.3 is 0 Å². The predicted octanol–water partition coefficient (Wildman–Crippen LogP) is 0.768. The lowest BCUT2D eigenvalue weighted by molar-refractivity contribution is -0.385. The van der Waals surface area contributed by atoms with Gasteiger partial charge in [-0.3, -0.25) is 10.1 Å². The number of nitrogens with two attached hydrogens (primary N) is 2. The summed E-state index contributed by atoms with van der Waals surface area (Å²) in [7, 11) is -3.96. The van der Waals surface area contributed by atoms with E-state index in [-0.39, 0.29) is 22.5 Å². The number of sulfonamides is 1. The van der Waals surface area contributed by atoms with Crippen LogP contribution in [-0.2, 0) is 16.4 Å². The lowest BCUT2D eigenvalue weighted by Gasteiger charge is -2.15. The molecule has 1 unspecified atom stereocenters. The summed E-state index contributed by atoms with van der Waals surface area (Å²) in [5.74, 6) is 0.164. The van der Waals surface area contributed by atoms with Crippen LogP contribution in [0.3, 0.4) is 0 Å². The molecule has 7 nitrogen and oxygen atoms in total. The van der Waals surface area contributed by atoms with Crippen molar-refractivity contribution in [2.75, 3.05) is 0 Å². The maximum atomic E-state index is 11.2. The van der Waals surface area contributed by atoms with E-state index in [9.17, 15) is 18.5 Å². The molecule has 0 aliphatic carbocycles. The highest BCUT2D eigenvalue weighted by atomic mass is 32.2. The van der Waals surface area contributed by atoms with Gasteiger partial charge in [0.2, 0.25) is 10.0 Å². The highest BCUT2D eigenvalue weighted by Gasteiger charge is 2.21. The smallest absolute Gasteiger partial charge is 0.273 e. The third kappa shape index (κ3) is 3.98. The number of nitrogens with zero attached hydrogens (tertiary/aromatic N) is 1. The summed E-state index contributed by atoms with van der Waals surface area (Å²) < 4.78 is 22.4. The first kappa shape index (κ1) is 15.5. The zero-order valence-electron chi connectivity index (χ0n) is 10.7. The van der Waals surface area contributed by atoms with Crippen molar-refractivity contribution in [1.82, 2.24) is 0 Å². The second-order valence-corrected chi connectivity index (χ2v) is 6.27. The molecule has 0 spiro atoms. The minimum absolute atomic E-state index is 0.164. The minimum Gasteiger partial charge on any atom is -0.327 e. The molecule has 1 rings (SSSR count). The monoisotopic (exact) mass is 287 g/mol. The lowest BCUT2D eigenvalue weighted by atomic mass is 9.96. The van der Waals surface area contributed by atoms with Gasteiger partial charge in [0, 0.05) is 17.7 Å². The van der Waals surface area contributed by atoms with Crippen LogP contribution >= 0.6 is 0 Å². The van der Waals surface area contributed by atoms with Crippen LogP contribution in [-0.4, -0.2) is 19.4 Å². The first-order chi connectivity index (χ1) is 8.62. The van der Waals surface area contributed by atoms with E-state index in [0.29, 0.717) is 12.0 Å². The van der Waals surface area contributed by atoms with E-state index in [0.717, 1.165) is 6.07 Å². The number of benzene rings is 1. The van der Waals surface area contributed by atoms with Crippen LogP contribution in [0.5, 0.6) is 0 Å². The third-order valence-electron chi connectivity index (χ3n) is 2.89. The Bertz CT molecular complexity index is 584. The summed E-state index contributed by atoms with van der Waals surface area (Å²) in [6, 6.07) is 3.38. The van der Waals surface area contributed by atoms with Crippen LogP contribution in [0.25, 0.3) is 0 Å². The standard InChI is InChI=1S/C11H17N3O4S/c1-7(2)10(12)5-8-3-4-9(19(13,17)18)6-11(8)14(15)16/h3-4,6-7,10H,5,12H2,1-2H3,(H2,13,17,18). The number of primary sulfonamides is 1. The molecule has 8 heteroatoms. The van der Waals surface area contributed by atoms with E-state index >= 15 is 0 Å². The van der Waals surface area contributed by atoms with Crippen molar-refractivity contribution in [1.29, 1.82) is 0 Å². The Balaban J connectivity index is 3.24. The van der Waals surface area contributed by atoms with Crippen LogP contribution in [0.2, 0.25) is 0 Å². The second-order valence-electron chi connectivity index (χ2n) is 4.70. The van der Waals surface area contributed by atoms with Gasteiger partial charge in [0.25, 0.3) is 5.69 Å². The molecule has 1 aromatic carbocycles. The van der Waals surface area contributed by atoms with Crippen molar-refractivity contribution in [3.63, 3.8) is 0 Å². The molecule has 1 aromatic rings. The van der Waals surface area contributed by atoms with Gasteiger partial charge in [0.15, 0.2) is 0 Å². The van der Waals surface area contributed by atoms with E-state index in [2.05, 4.69) is 0 Å². The molecule has 0 heterocycles. The molecule has 0 radical (unpaired) electrons. The van der Waals surface area contributed by atoms with Gasteiger partial charge in [-0.05, 0) is 18.4 Å². The predicted molar refractivity (Wildman–Crippen MR) is 71.0 cm³/mol. The van der Waals surface area contributed by atoms with Gasteiger partial charge in [-0.1, -0.05) is 19.9 Å². The third-order valence-corrected chi connectivity index (χ3v) is 3.80. The van der Waals surface area contributed by atoms with Crippen molar-refractivity contribution < 1.29 is 13.3 Å². The van der Waals surface area contributed by atoms with Crippen LogP contribution < -0.4 is 10.9 Å². The normalized spacial score (nSPS) is 13.5. The number of hydrogen-bond donors (Lipinski definition) is 2. The molecule has 106 valence electrons. The fourth-order valence-corrected chi connectivity index (χ4v) is 2.09. The number of nitro benzene ring substituents is 1. The van der Waals surface area contributed by atoms with Crippen LogP contribution in [0.15, 0.2) is 23.1 Å². The molecule has 4 N–H and O–H groups in total. The molecule has 0 aliphatic rings. The number of rotatable bonds is 5. The highest BCUT2D eigenvalue weighted by Crippen LogP contribution is 2.24. The Hall–Kier alpha value is -1.51. The molecular formula is C11H17N3O4S. The highest BCUT2D eigenvalue weighted by molar-refractivity contribution is 7.89. The van der Waals surface area contributed by atoms with Gasteiger partial charge in [-0.25, -0.2) is 13.6 Å². The van der Waals surface area contributed by atoms with E-state index in [1.165, 1.54) is 12.1 Å². The van der Waals surface area contributed by atoms with Crippen molar-refractivity contribution in [3.8, 4) is 0 Å². The maximum absolute atomic E-state index is 11.2. The molecule has 0 aromatic heterocycles. The second kappa shape index (κ2) is 5.64. The SMILES string of the molecule is CC(C)C(N)Cc1ccc(S(N)(=O)=O)cc1[N+](=O)[O-]. The Morgan fingerprint density at radius 2 is 1.95 bits per heavy atom. The Kier molecular flexibility index (Phi) is 4.61. The molecule has 1 atom stereocenters. The summed E-state index contributed by atoms with van der Waals surface area (Å²) in [5.41, 5.74) is 6.00. The summed E-state index contributed by atoms with van der Waals surface area (Å²) in [6.07, 6.45) is 0.304. The fourth-order valence-electron chi connectivity index (χ4n) is 1.55. The van der Waals surface area contributed by atoms with E-state index < -0.39 is 14.9 Å². The quantitative estimate of drug-likeness (QED) is 0.610. The average Bonchev–Trinajstić information content (AvgIpc) is 2.27. The van der Waals surface area contributed by atoms with E-state index in [1.807, 2.05) is 13.8 Å². The summed E-state index contributed by atoms with van der Waals surface area (Å²) in [5, 5.41) is 15.9. The zero-order valence-corrected chi connectivity index (χ0v) is 11.6.